The Morgan fingerprint density at radius 2 is 1.53 bits per heavy atom. The van der Waals surface area contributed by atoms with Gasteiger partial charge in [-0.25, -0.2) is 0 Å². The van der Waals surface area contributed by atoms with Crippen LogP contribution in [0.25, 0.3) is 0 Å². The third-order valence-electron chi connectivity index (χ3n) is 4.61. The van der Waals surface area contributed by atoms with E-state index in [1.807, 2.05) is 4.90 Å². The van der Waals surface area contributed by atoms with E-state index in [0.717, 1.165) is 45.2 Å². The highest BCUT2D eigenvalue weighted by Crippen LogP contribution is 2.22. The van der Waals surface area contributed by atoms with Crippen molar-refractivity contribution in [3.05, 3.63) is 0 Å². The molecule has 4 heteroatoms. The summed E-state index contributed by atoms with van der Waals surface area (Å²) in [6.07, 6.45) is 7.43. The van der Waals surface area contributed by atoms with E-state index in [-0.39, 0.29) is 23.9 Å². The highest BCUT2D eigenvalue weighted by atomic mass is 16.2. The van der Waals surface area contributed by atoms with Crippen LogP contribution in [0.4, 0.5) is 0 Å². The minimum atomic E-state index is -0.271. The first-order valence-electron chi connectivity index (χ1n) is 7.76. The Kier molecular flexibility index (Phi) is 4.83. The lowest BCUT2D eigenvalue weighted by molar-refractivity contribution is -0.156. The molecule has 0 spiro atoms. The number of rotatable bonds is 1. The van der Waals surface area contributed by atoms with Crippen molar-refractivity contribution >= 4 is 11.8 Å². The Morgan fingerprint density at radius 3 is 2.16 bits per heavy atom. The second-order valence-corrected chi connectivity index (χ2v) is 5.90. The van der Waals surface area contributed by atoms with Gasteiger partial charge in [0.25, 0.3) is 0 Å². The van der Waals surface area contributed by atoms with E-state index in [1.165, 1.54) is 12.8 Å². The summed E-state index contributed by atoms with van der Waals surface area (Å²) >= 11 is 0. The van der Waals surface area contributed by atoms with Crippen LogP contribution in [0.15, 0.2) is 0 Å². The standard InChI is InChI=1S/C15H26N2O2/c1-3-13-9-5-7-11-17(13)15(19)14(18)16-10-6-4-8-12(16)2/h12-13H,3-11H2,1-2H3. The molecule has 2 atom stereocenters. The minimum Gasteiger partial charge on any atom is -0.332 e. The lowest BCUT2D eigenvalue weighted by atomic mass is 9.99. The molecule has 2 aliphatic rings. The summed E-state index contributed by atoms with van der Waals surface area (Å²) in [6, 6.07) is 0.486. The number of nitrogens with zero attached hydrogens (tertiary/aromatic N) is 2. The Balaban J connectivity index is 2.02. The summed E-state index contributed by atoms with van der Waals surface area (Å²) in [6.45, 7) is 5.66. The van der Waals surface area contributed by atoms with Crippen LogP contribution >= 0.6 is 0 Å². The van der Waals surface area contributed by atoms with Gasteiger partial charge >= 0.3 is 11.8 Å². The summed E-state index contributed by atoms with van der Waals surface area (Å²) in [5.41, 5.74) is 0. The van der Waals surface area contributed by atoms with Crippen LogP contribution in [0.3, 0.4) is 0 Å². The van der Waals surface area contributed by atoms with Gasteiger partial charge in [-0.15, -0.1) is 0 Å². The number of hydrogen-bond acceptors (Lipinski definition) is 2. The molecule has 0 aliphatic carbocycles. The Labute approximate surface area is 116 Å². The molecule has 2 rings (SSSR count). The zero-order valence-electron chi connectivity index (χ0n) is 12.2. The molecule has 19 heavy (non-hydrogen) atoms. The van der Waals surface area contributed by atoms with Crippen molar-refractivity contribution in [2.24, 2.45) is 0 Å². The van der Waals surface area contributed by atoms with E-state index in [0.29, 0.717) is 0 Å². The van der Waals surface area contributed by atoms with Crippen molar-refractivity contribution < 1.29 is 9.59 Å². The van der Waals surface area contributed by atoms with Crippen molar-refractivity contribution in [1.29, 1.82) is 0 Å². The van der Waals surface area contributed by atoms with E-state index in [4.69, 9.17) is 0 Å². The molecule has 0 saturated carbocycles. The van der Waals surface area contributed by atoms with Gasteiger partial charge in [-0.2, -0.15) is 0 Å². The Morgan fingerprint density at radius 1 is 0.947 bits per heavy atom. The highest BCUT2D eigenvalue weighted by Gasteiger charge is 2.34. The van der Waals surface area contributed by atoms with Gasteiger partial charge in [-0.1, -0.05) is 6.92 Å². The molecular weight excluding hydrogens is 240 g/mol. The maximum absolute atomic E-state index is 12.4. The number of piperidine rings is 2. The van der Waals surface area contributed by atoms with Gasteiger partial charge in [-0.05, 0) is 51.9 Å². The van der Waals surface area contributed by atoms with E-state index >= 15 is 0 Å². The van der Waals surface area contributed by atoms with Crippen molar-refractivity contribution in [2.45, 2.75) is 70.9 Å². The Hall–Kier alpha value is -1.06. The zero-order valence-corrected chi connectivity index (χ0v) is 12.2. The predicted octanol–water partition coefficient (Wildman–Crippen LogP) is 2.18. The molecule has 0 aromatic carbocycles. The lowest BCUT2D eigenvalue weighted by Crippen LogP contribution is -2.53. The highest BCUT2D eigenvalue weighted by molar-refractivity contribution is 6.35. The van der Waals surface area contributed by atoms with Crippen LogP contribution in [0.2, 0.25) is 0 Å². The normalized spacial score (nSPS) is 28.3. The fourth-order valence-corrected chi connectivity index (χ4v) is 3.34. The zero-order chi connectivity index (χ0) is 13.8. The quantitative estimate of drug-likeness (QED) is 0.683. The molecule has 0 N–H and O–H groups in total. The first kappa shape index (κ1) is 14.4. The topological polar surface area (TPSA) is 40.6 Å². The molecule has 0 radical (unpaired) electrons. The smallest absolute Gasteiger partial charge is 0.312 e. The maximum atomic E-state index is 12.4. The van der Waals surface area contributed by atoms with E-state index in [2.05, 4.69) is 13.8 Å². The molecule has 2 heterocycles. The molecule has 2 fully saturated rings. The second-order valence-electron chi connectivity index (χ2n) is 5.90. The first-order valence-corrected chi connectivity index (χ1v) is 7.76. The molecule has 0 aromatic rings. The molecular formula is C15H26N2O2. The van der Waals surface area contributed by atoms with Crippen molar-refractivity contribution in [2.75, 3.05) is 13.1 Å². The van der Waals surface area contributed by atoms with Crippen LogP contribution in [-0.2, 0) is 9.59 Å². The maximum Gasteiger partial charge on any atom is 0.312 e. The average Bonchev–Trinajstić information content (AvgIpc) is 2.46. The van der Waals surface area contributed by atoms with Crippen LogP contribution in [-0.4, -0.2) is 46.8 Å². The van der Waals surface area contributed by atoms with Gasteiger partial charge < -0.3 is 9.80 Å². The molecule has 0 aromatic heterocycles. The van der Waals surface area contributed by atoms with Gasteiger partial charge in [0.2, 0.25) is 0 Å². The first-order chi connectivity index (χ1) is 9.15. The third kappa shape index (κ3) is 3.10. The molecule has 2 unspecified atom stereocenters. The van der Waals surface area contributed by atoms with E-state index < -0.39 is 0 Å². The predicted molar refractivity (Wildman–Crippen MR) is 74.7 cm³/mol. The van der Waals surface area contributed by atoms with Crippen LogP contribution in [0, 0.1) is 0 Å². The molecule has 2 aliphatic heterocycles. The number of carbonyl (C=O) groups is 2. The van der Waals surface area contributed by atoms with Crippen LogP contribution in [0.1, 0.15) is 58.8 Å². The SMILES string of the molecule is CCC1CCCCN1C(=O)C(=O)N1CCCCC1C. The number of amides is 2. The van der Waals surface area contributed by atoms with Gasteiger partial charge in [0.05, 0.1) is 0 Å². The average molecular weight is 266 g/mol. The van der Waals surface area contributed by atoms with Crippen LogP contribution in [0.5, 0.6) is 0 Å². The second kappa shape index (κ2) is 6.40. The van der Waals surface area contributed by atoms with E-state index in [1.54, 1.807) is 4.90 Å². The molecule has 4 nitrogen and oxygen atoms in total. The van der Waals surface area contributed by atoms with E-state index in [9.17, 15) is 9.59 Å². The van der Waals surface area contributed by atoms with Gasteiger partial charge in [0.1, 0.15) is 0 Å². The fraction of sp³-hybridized carbons (Fsp3) is 0.867. The molecule has 0 bridgehead atoms. The number of likely N-dealkylation sites (tertiary alicyclic amines) is 2. The summed E-state index contributed by atoms with van der Waals surface area (Å²) in [5.74, 6) is -0.534. The molecule has 108 valence electrons. The number of hydrogen-bond donors (Lipinski definition) is 0. The molecule has 2 saturated heterocycles. The van der Waals surface area contributed by atoms with Gasteiger partial charge in [-0.3, -0.25) is 9.59 Å². The monoisotopic (exact) mass is 266 g/mol. The summed E-state index contributed by atoms with van der Waals surface area (Å²) in [4.78, 5) is 28.5. The van der Waals surface area contributed by atoms with Crippen molar-refractivity contribution in [3.8, 4) is 0 Å². The summed E-state index contributed by atoms with van der Waals surface area (Å²) < 4.78 is 0. The summed E-state index contributed by atoms with van der Waals surface area (Å²) in [7, 11) is 0. The summed E-state index contributed by atoms with van der Waals surface area (Å²) in [5, 5.41) is 0. The number of carbonyl (C=O) groups excluding carboxylic acids is 2. The molecule has 2 amide bonds. The van der Waals surface area contributed by atoms with Gasteiger partial charge in [0, 0.05) is 25.2 Å². The largest absolute Gasteiger partial charge is 0.332 e. The fourth-order valence-electron chi connectivity index (χ4n) is 3.34. The minimum absolute atomic E-state index is 0.218. The van der Waals surface area contributed by atoms with Crippen molar-refractivity contribution in [1.82, 2.24) is 9.80 Å². The lowest BCUT2D eigenvalue weighted by Gasteiger charge is -2.38. The van der Waals surface area contributed by atoms with Crippen molar-refractivity contribution in [3.63, 3.8) is 0 Å². The third-order valence-corrected chi connectivity index (χ3v) is 4.61. The van der Waals surface area contributed by atoms with Crippen LogP contribution < -0.4 is 0 Å². The van der Waals surface area contributed by atoms with Gasteiger partial charge in [0.15, 0.2) is 0 Å². The Bertz CT molecular complexity index is 343.